The first kappa shape index (κ1) is 15.7. The first-order valence-corrected chi connectivity index (χ1v) is 7.75. The molecule has 0 spiro atoms. The molecule has 0 amide bonds. The number of halogens is 3. The number of benzene rings is 1. The number of hydrogen-bond acceptors (Lipinski definition) is 2. The fourth-order valence-electron chi connectivity index (χ4n) is 2.94. The highest BCUT2D eigenvalue weighted by Crippen LogP contribution is 2.34. The quantitative estimate of drug-likeness (QED) is 0.741. The monoisotopic (exact) mass is 347 g/mol. The van der Waals surface area contributed by atoms with Crippen molar-refractivity contribution in [2.45, 2.75) is 44.2 Å². The number of nitrogens with zero attached hydrogens (tertiary/aromatic N) is 1. The number of ether oxygens (including phenoxy) is 1. The van der Waals surface area contributed by atoms with E-state index in [0.717, 1.165) is 0 Å². The summed E-state index contributed by atoms with van der Waals surface area (Å²) in [6, 6.07) is 2.76. The van der Waals surface area contributed by atoms with Gasteiger partial charge in [0, 0.05) is 18.4 Å². The minimum Gasteiger partial charge on any atom is -0.366 e. The van der Waals surface area contributed by atoms with Gasteiger partial charge >= 0.3 is 0 Å². The number of morpholine rings is 1. The van der Waals surface area contributed by atoms with E-state index >= 15 is 0 Å². The second-order valence-electron chi connectivity index (χ2n) is 6.52. The molecular formula is C15H20BrF2NO. The van der Waals surface area contributed by atoms with E-state index in [1.807, 2.05) is 27.7 Å². The van der Waals surface area contributed by atoms with Gasteiger partial charge in [0.05, 0.1) is 11.2 Å². The van der Waals surface area contributed by atoms with Gasteiger partial charge in [-0.25, -0.2) is 8.78 Å². The van der Waals surface area contributed by atoms with E-state index in [1.165, 1.54) is 12.1 Å². The Morgan fingerprint density at radius 2 is 1.55 bits per heavy atom. The average Bonchev–Trinajstić information content (AvgIpc) is 2.23. The third-order valence-electron chi connectivity index (χ3n) is 3.24. The number of alkyl halides is 1. The molecule has 0 saturated carbocycles. The Bertz CT molecular complexity index is 478. The van der Waals surface area contributed by atoms with Crippen LogP contribution in [0.25, 0.3) is 0 Å². The molecule has 0 bridgehead atoms. The second-order valence-corrected chi connectivity index (χ2v) is 7.08. The van der Waals surface area contributed by atoms with E-state index in [2.05, 4.69) is 15.9 Å². The van der Waals surface area contributed by atoms with Crippen LogP contribution >= 0.6 is 15.9 Å². The molecule has 0 aliphatic carbocycles. The molecule has 1 fully saturated rings. The van der Waals surface area contributed by atoms with Crippen LogP contribution in [0.1, 0.15) is 33.3 Å². The molecule has 0 unspecified atom stereocenters. The third-order valence-corrected chi connectivity index (χ3v) is 3.89. The summed E-state index contributed by atoms with van der Waals surface area (Å²) in [6.45, 7) is 8.65. The molecule has 1 saturated heterocycles. The Morgan fingerprint density at radius 1 is 1.10 bits per heavy atom. The van der Waals surface area contributed by atoms with E-state index < -0.39 is 22.8 Å². The number of rotatable bonds is 2. The van der Waals surface area contributed by atoms with Crippen LogP contribution in [0.2, 0.25) is 0 Å². The highest BCUT2D eigenvalue weighted by atomic mass is 79.9. The van der Waals surface area contributed by atoms with E-state index in [4.69, 9.17) is 4.74 Å². The maximum absolute atomic E-state index is 14.2. The van der Waals surface area contributed by atoms with Gasteiger partial charge in [-0.3, -0.25) is 0 Å². The first-order chi connectivity index (χ1) is 9.13. The van der Waals surface area contributed by atoms with Gasteiger partial charge in [-0.1, -0.05) is 15.9 Å². The SMILES string of the molecule is CC1(C)CN(c2c(F)cc(CBr)cc2F)CC(C)(C)O1. The van der Waals surface area contributed by atoms with Crippen LogP contribution in [-0.2, 0) is 10.1 Å². The lowest BCUT2D eigenvalue weighted by Gasteiger charge is -2.48. The molecule has 0 atom stereocenters. The molecular weight excluding hydrogens is 328 g/mol. The van der Waals surface area contributed by atoms with Gasteiger partial charge in [0.2, 0.25) is 0 Å². The lowest BCUT2D eigenvalue weighted by Crippen LogP contribution is -2.57. The fraction of sp³-hybridized carbons (Fsp3) is 0.600. The van der Waals surface area contributed by atoms with Gasteiger partial charge in [-0.05, 0) is 45.4 Å². The first-order valence-electron chi connectivity index (χ1n) is 6.62. The zero-order valence-electron chi connectivity index (χ0n) is 12.3. The van der Waals surface area contributed by atoms with E-state index in [0.29, 0.717) is 24.0 Å². The Labute approximate surface area is 127 Å². The maximum atomic E-state index is 14.2. The van der Waals surface area contributed by atoms with Crippen LogP contribution in [0.5, 0.6) is 0 Å². The summed E-state index contributed by atoms with van der Waals surface area (Å²) in [5, 5.41) is 0.432. The largest absolute Gasteiger partial charge is 0.366 e. The zero-order chi connectivity index (χ0) is 15.1. The van der Waals surface area contributed by atoms with Crippen LogP contribution in [0.3, 0.4) is 0 Å². The molecule has 2 nitrogen and oxygen atoms in total. The highest BCUT2D eigenvalue weighted by molar-refractivity contribution is 9.08. The standard InChI is InChI=1S/C15H20BrF2NO/c1-14(2)8-19(9-15(3,4)20-14)13-11(17)5-10(7-16)6-12(13)18/h5-6H,7-9H2,1-4H3. The van der Waals surface area contributed by atoms with Crippen molar-refractivity contribution < 1.29 is 13.5 Å². The van der Waals surface area contributed by atoms with Gasteiger partial charge in [0.25, 0.3) is 0 Å². The molecule has 2 rings (SSSR count). The highest BCUT2D eigenvalue weighted by Gasteiger charge is 2.39. The van der Waals surface area contributed by atoms with E-state index in [9.17, 15) is 8.78 Å². The van der Waals surface area contributed by atoms with Crippen molar-refractivity contribution in [1.82, 2.24) is 0 Å². The summed E-state index contributed by atoms with van der Waals surface area (Å²) in [6.07, 6.45) is 0. The van der Waals surface area contributed by atoms with Crippen LogP contribution in [0.15, 0.2) is 12.1 Å². The molecule has 0 N–H and O–H groups in total. The van der Waals surface area contributed by atoms with E-state index in [-0.39, 0.29) is 5.69 Å². The molecule has 0 radical (unpaired) electrons. The lowest BCUT2D eigenvalue weighted by molar-refractivity contribution is -0.133. The third kappa shape index (κ3) is 3.31. The molecule has 20 heavy (non-hydrogen) atoms. The van der Waals surface area contributed by atoms with Crippen molar-refractivity contribution in [3.63, 3.8) is 0 Å². The molecule has 5 heteroatoms. The van der Waals surface area contributed by atoms with Crippen molar-refractivity contribution in [1.29, 1.82) is 0 Å². The van der Waals surface area contributed by atoms with Crippen molar-refractivity contribution in [2.75, 3.05) is 18.0 Å². The minimum atomic E-state index is -0.520. The molecule has 1 aromatic carbocycles. The van der Waals surface area contributed by atoms with Crippen LogP contribution in [-0.4, -0.2) is 24.3 Å². The van der Waals surface area contributed by atoms with Gasteiger partial charge in [0.1, 0.15) is 17.3 Å². The summed E-state index contributed by atoms with van der Waals surface area (Å²) in [7, 11) is 0. The minimum absolute atomic E-state index is 0.0409. The predicted octanol–water partition coefficient (Wildman–Crippen LogP) is 4.25. The summed E-state index contributed by atoms with van der Waals surface area (Å²) in [5.41, 5.74) is -0.265. The maximum Gasteiger partial charge on any atom is 0.149 e. The molecule has 1 aliphatic heterocycles. The van der Waals surface area contributed by atoms with Crippen molar-refractivity contribution in [3.05, 3.63) is 29.3 Å². The fourth-order valence-corrected chi connectivity index (χ4v) is 3.27. The molecule has 1 aliphatic rings. The van der Waals surface area contributed by atoms with Crippen molar-refractivity contribution >= 4 is 21.6 Å². The smallest absolute Gasteiger partial charge is 0.149 e. The van der Waals surface area contributed by atoms with Crippen LogP contribution in [0.4, 0.5) is 14.5 Å². The summed E-state index contributed by atoms with van der Waals surface area (Å²) in [4.78, 5) is 1.74. The van der Waals surface area contributed by atoms with Crippen molar-refractivity contribution in [2.24, 2.45) is 0 Å². The van der Waals surface area contributed by atoms with Gasteiger partial charge in [0.15, 0.2) is 0 Å². The Hall–Kier alpha value is -0.680. The molecule has 1 heterocycles. The van der Waals surface area contributed by atoms with Gasteiger partial charge < -0.3 is 9.64 Å². The van der Waals surface area contributed by atoms with Crippen LogP contribution < -0.4 is 4.90 Å². The predicted molar refractivity (Wildman–Crippen MR) is 80.4 cm³/mol. The normalized spacial score (nSPS) is 21.1. The molecule has 0 aromatic heterocycles. The zero-order valence-corrected chi connectivity index (χ0v) is 13.9. The van der Waals surface area contributed by atoms with Crippen molar-refractivity contribution in [3.8, 4) is 0 Å². The summed E-state index contributed by atoms with van der Waals surface area (Å²) < 4.78 is 34.4. The Kier molecular flexibility index (Phi) is 4.13. The topological polar surface area (TPSA) is 12.5 Å². The average molecular weight is 348 g/mol. The number of hydrogen-bond donors (Lipinski definition) is 0. The Morgan fingerprint density at radius 3 is 1.95 bits per heavy atom. The number of anilines is 1. The van der Waals surface area contributed by atoms with E-state index in [1.54, 1.807) is 4.90 Å². The molecule has 1 aromatic rings. The summed E-state index contributed by atoms with van der Waals surface area (Å²) in [5.74, 6) is -1.04. The Balaban J connectivity index is 2.41. The lowest BCUT2D eigenvalue weighted by atomic mass is 9.98. The van der Waals surface area contributed by atoms with Gasteiger partial charge in [-0.2, -0.15) is 0 Å². The second kappa shape index (κ2) is 5.26. The van der Waals surface area contributed by atoms with Crippen LogP contribution in [0, 0.1) is 11.6 Å². The summed E-state index contributed by atoms with van der Waals surface area (Å²) >= 11 is 3.22. The molecule has 112 valence electrons. The van der Waals surface area contributed by atoms with Gasteiger partial charge in [-0.15, -0.1) is 0 Å².